The molecule has 1 aromatic rings. The van der Waals surface area contributed by atoms with Gasteiger partial charge in [0.05, 0.1) is 13.7 Å². The van der Waals surface area contributed by atoms with Crippen molar-refractivity contribution in [2.24, 2.45) is 0 Å². The van der Waals surface area contributed by atoms with Crippen LogP contribution >= 0.6 is 0 Å². The highest BCUT2D eigenvalue weighted by Crippen LogP contribution is 2.24. The maximum atomic E-state index is 12.0. The molecular weight excluding hydrogens is 240 g/mol. The van der Waals surface area contributed by atoms with Crippen LogP contribution in [-0.2, 0) is 11.2 Å². The van der Waals surface area contributed by atoms with Crippen molar-refractivity contribution in [2.75, 3.05) is 25.6 Å². The largest absolute Gasteiger partial charge is 0.496 e. The molecule has 1 N–H and O–H groups in total. The van der Waals surface area contributed by atoms with Gasteiger partial charge in [-0.25, -0.2) is 0 Å². The highest BCUT2D eigenvalue weighted by molar-refractivity contribution is 5.94. The molecule has 19 heavy (non-hydrogen) atoms. The van der Waals surface area contributed by atoms with Crippen molar-refractivity contribution >= 4 is 11.6 Å². The first-order valence-electron chi connectivity index (χ1n) is 6.66. The van der Waals surface area contributed by atoms with E-state index in [1.54, 1.807) is 19.1 Å². The molecule has 1 amide bonds. The number of nitrogens with zero attached hydrogens (tertiary/aromatic N) is 1. The number of carbonyl (C=O) groups is 1. The van der Waals surface area contributed by atoms with Gasteiger partial charge in [-0.3, -0.25) is 4.79 Å². The number of aryl methyl sites for hydroxylation is 1. The molecule has 1 rings (SSSR count). The first-order chi connectivity index (χ1) is 8.99. The second kappa shape index (κ2) is 7.14. The first kappa shape index (κ1) is 15.5. The molecule has 0 radical (unpaired) electrons. The molecule has 106 valence electrons. The van der Waals surface area contributed by atoms with E-state index in [1.807, 2.05) is 32.0 Å². The Bertz CT molecular complexity index is 430. The topological polar surface area (TPSA) is 41.6 Å². The molecule has 0 saturated heterocycles. The maximum absolute atomic E-state index is 12.0. The average Bonchev–Trinajstić information content (AvgIpc) is 2.42. The summed E-state index contributed by atoms with van der Waals surface area (Å²) in [6.07, 6.45) is 0.878. The molecule has 4 nitrogen and oxygen atoms in total. The van der Waals surface area contributed by atoms with Crippen LogP contribution in [0.4, 0.5) is 5.69 Å². The quantitative estimate of drug-likeness (QED) is 0.856. The number of benzene rings is 1. The van der Waals surface area contributed by atoms with Crippen molar-refractivity contribution in [1.82, 2.24) is 5.32 Å². The van der Waals surface area contributed by atoms with E-state index in [-0.39, 0.29) is 5.91 Å². The molecule has 0 fully saturated rings. The molecule has 0 aliphatic rings. The number of carbonyl (C=O) groups excluding carboxylic acids is 1. The van der Waals surface area contributed by atoms with Gasteiger partial charge >= 0.3 is 0 Å². The number of rotatable bonds is 6. The van der Waals surface area contributed by atoms with Crippen molar-refractivity contribution in [1.29, 1.82) is 0 Å². The summed E-state index contributed by atoms with van der Waals surface area (Å²) < 4.78 is 5.29. The van der Waals surface area contributed by atoms with E-state index >= 15 is 0 Å². The number of nitrogens with one attached hydrogen (secondary N) is 1. The Hall–Kier alpha value is -1.55. The van der Waals surface area contributed by atoms with Crippen LogP contribution in [0.3, 0.4) is 0 Å². The summed E-state index contributed by atoms with van der Waals surface area (Å²) in [5.41, 5.74) is 2.00. The molecule has 1 aromatic carbocycles. The Kier molecular flexibility index (Phi) is 5.83. The smallest absolute Gasteiger partial charge is 0.240 e. The van der Waals surface area contributed by atoms with Crippen molar-refractivity contribution < 1.29 is 9.53 Å². The fourth-order valence-corrected chi connectivity index (χ4v) is 1.80. The van der Waals surface area contributed by atoms with Crippen molar-refractivity contribution in [3.8, 4) is 5.75 Å². The molecule has 0 heterocycles. The maximum Gasteiger partial charge on any atom is 0.240 e. The van der Waals surface area contributed by atoms with Gasteiger partial charge in [-0.15, -0.1) is 0 Å². The Morgan fingerprint density at radius 3 is 2.63 bits per heavy atom. The minimum atomic E-state index is 0.0564. The summed E-state index contributed by atoms with van der Waals surface area (Å²) >= 11 is 0. The number of methoxy groups -OCH3 is 1. The number of amides is 1. The molecule has 0 saturated carbocycles. The average molecular weight is 264 g/mol. The number of anilines is 1. The van der Waals surface area contributed by atoms with Gasteiger partial charge in [0.25, 0.3) is 0 Å². The Morgan fingerprint density at radius 1 is 1.42 bits per heavy atom. The van der Waals surface area contributed by atoms with Gasteiger partial charge in [0.2, 0.25) is 5.91 Å². The minimum Gasteiger partial charge on any atom is -0.496 e. The summed E-state index contributed by atoms with van der Waals surface area (Å²) in [7, 11) is 3.46. The molecule has 0 atom stereocenters. The number of likely N-dealkylation sites (N-methyl/N-ethyl adjacent to an activating group) is 1. The lowest BCUT2D eigenvalue weighted by Gasteiger charge is -2.20. The van der Waals surface area contributed by atoms with Crippen LogP contribution in [0.1, 0.15) is 26.3 Å². The van der Waals surface area contributed by atoms with E-state index in [1.165, 1.54) is 0 Å². The van der Waals surface area contributed by atoms with Crippen molar-refractivity contribution in [3.05, 3.63) is 23.8 Å². The number of hydrogen-bond donors (Lipinski definition) is 1. The zero-order valence-electron chi connectivity index (χ0n) is 12.5. The Morgan fingerprint density at radius 2 is 2.11 bits per heavy atom. The molecule has 0 bridgehead atoms. The third-order valence-corrected chi connectivity index (χ3v) is 3.07. The van der Waals surface area contributed by atoms with Gasteiger partial charge in [0.15, 0.2) is 0 Å². The predicted molar refractivity (Wildman–Crippen MR) is 78.9 cm³/mol. The molecule has 0 aromatic heterocycles. The summed E-state index contributed by atoms with van der Waals surface area (Å²) in [5.74, 6) is 0.924. The lowest BCUT2D eigenvalue weighted by molar-refractivity contribution is -0.117. The van der Waals surface area contributed by atoms with Crippen LogP contribution in [0.5, 0.6) is 5.75 Å². The second-order valence-corrected chi connectivity index (χ2v) is 4.84. The minimum absolute atomic E-state index is 0.0564. The van der Waals surface area contributed by atoms with Crippen LogP contribution < -0.4 is 15.0 Å². The number of hydrogen-bond acceptors (Lipinski definition) is 3. The normalized spacial score (nSPS) is 10.6. The Labute approximate surface area is 115 Å². The van der Waals surface area contributed by atoms with E-state index in [0.717, 1.165) is 23.4 Å². The molecule has 4 heteroatoms. The van der Waals surface area contributed by atoms with Gasteiger partial charge in [-0.1, -0.05) is 20.8 Å². The van der Waals surface area contributed by atoms with Crippen LogP contribution in [0.15, 0.2) is 18.2 Å². The molecule has 0 aliphatic heterocycles. The van der Waals surface area contributed by atoms with E-state index in [0.29, 0.717) is 12.6 Å². The van der Waals surface area contributed by atoms with E-state index in [9.17, 15) is 4.79 Å². The Balaban J connectivity index is 2.81. The van der Waals surface area contributed by atoms with Crippen LogP contribution in [-0.4, -0.2) is 32.7 Å². The molecule has 0 unspecified atom stereocenters. The standard InChI is InChI=1S/C15H24N2O2/c1-6-12-9-13(7-8-14(12)19-5)17(4)15(18)10-16-11(2)3/h7-9,11,16H,6,10H2,1-5H3. The van der Waals surface area contributed by atoms with E-state index in [4.69, 9.17) is 4.74 Å². The monoisotopic (exact) mass is 264 g/mol. The van der Waals surface area contributed by atoms with Crippen LogP contribution in [0.25, 0.3) is 0 Å². The molecule has 0 spiro atoms. The van der Waals surface area contributed by atoms with Crippen molar-refractivity contribution in [3.63, 3.8) is 0 Å². The van der Waals surface area contributed by atoms with Gasteiger partial charge in [-0.2, -0.15) is 0 Å². The lowest BCUT2D eigenvalue weighted by atomic mass is 10.1. The molecule has 0 aliphatic carbocycles. The van der Waals surface area contributed by atoms with E-state index in [2.05, 4.69) is 12.2 Å². The lowest BCUT2D eigenvalue weighted by Crippen LogP contribution is -2.38. The third-order valence-electron chi connectivity index (χ3n) is 3.07. The predicted octanol–water partition coefficient (Wildman–Crippen LogP) is 2.22. The van der Waals surface area contributed by atoms with Gasteiger partial charge in [0.1, 0.15) is 5.75 Å². The third kappa shape index (κ3) is 4.24. The zero-order chi connectivity index (χ0) is 14.4. The molecular formula is C15H24N2O2. The second-order valence-electron chi connectivity index (χ2n) is 4.84. The van der Waals surface area contributed by atoms with Gasteiger partial charge in [0, 0.05) is 18.8 Å². The van der Waals surface area contributed by atoms with E-state index < -0.39 is 0 Å². The summed E-state index contributed by atoms with van der Waals surface area (Å²) in [4.78, 5) is 13.7. The van der Waals surface area contributed by atoms with Crippen molar-refractivity contribution in [2.45, 2.75) is 33.2 Å². The highest BCUT2D eigenvalue weighted by Gasteiger charge is 2.12. The summed E-state index contributed by atoms with van der Waals surface area (Å²) in [5, 5.41) is 3.13. The fraction of sp³-hybridized carbons (Fsp3) is 0.533. The van der Waals surface area contributed by atoms with Crippen LogP contribution in [0, 0.1) is 0 Å². The van der Waals surface area contributed by atoms with Crippen LogP contribution in [0.2, 0.25) is 0 Å². The first-order valence-corrected chi connectivity index (χ1v) is 6.66. The summed E-state index contributed by atoms with van der Waals surface area (Å²) in [6, 6.07) is 6.13. The zero-order valence-corrected chi connectivity index (χ0v) is 12.5. The summed E-state index contributed by atoms with van der Waals surface area (Å²) in [6.45, 7) is 6.47. The number of ether oxygens (including phenoxy) is 1. The van der Waals surface area contributed by atoms with Gasteiger partial charge < -0.3 is 15.0 Å². The van der Waals surface area contributed by atoms with Gasteiger partial charge in [-0.05, 0) is 30.2 Å². The SMILES string of the molecule is CCc1cc(N(C)C(=O)CNC(C)C)ccc1OC. The highest BCUT2D eigenvalue weighted by atomic mass is 16.5. The fourth-order valence-electron chi connectivity index (χ4n) is 1.80.